The molecule has 0 aromatic rings. The number of hydrogen-bond donors (Lipinski definition) is 3. The molecule has 3 N–H and O–H groups in total. The van der Waals surface area contributed by atoms with Gasteiger partial charge in [0.25, 0.3) is 0 Å². The largest absolute Gasteiger partial charge is 0.478 e. The van der Waals surface area contributed by atoms with Crippen LogP contribution < -0.4 is 5.32 Å². The molecule has 1 fully saturated rings. The molecule has 7 nitrogen and oxygen atoms in total. The molecule has 1 unspecified atom stereocenters. The van der Waals surface area contributed by atoms with Crippen molar-refractivity contribution in [2.75, 3.05) is 39.5 Å². The second-order valence-electron chi connectivity index (χ2n) is 9.91. The van der Waals surface area contributed by atoms with Crippen LogP contribution in [0.4, 0.5) is 0 Å². The third kappa shape index (κ3) is 13.2. The Balaban J connectivity index is 0.00000164. The van der Waals surface area contributed by atoms with Gasteiger partial charge in [-0.25, -0.2) is 4.79 Å². The molecule has 0 bridgehead atoms. The first-order valence-electron chi connectivity index (χ1n) is 13.7. The van der Waals surface area contributed by atoms with Crippen molar-refractivity contribution in [3.8, 4) is 0 Å². The number of aliphatic hydroxyl groups excluding tert-OH is 1. The number of carboxylic acid groups (broad SMARTS) is 1. The predicted molar refractivity (Wildman–Crippen MR) is 155 cm³/mol. The van der Waals surface area contributed by atoms with E-state index < -0.39 is 11.4 Å². The number of rotatable bonds is 15. The molecule has 1 aliphatic carbocycles. The van der Waals surface area contributed by atoms with Gasteiger partial charge >= 0.3 is 5.97 Å². The van der Waals surface area contributed by atoms with E-state index in [1.165, 1.54) is 30.6 Å². The standard InChI is InChI=1S/C27H40N2O5.C4H8/c1-5-25(26(32)33)12-11-23(4)29(21-31)19-27(6-2,20-30)13-14-28-18-24-10-8-16-34-15-7-9-22(3)17-24;1-2-4-3-1/h5,7-10,17,21,28,30H,3-4,6,11-16,18-20H2,1-2H3,(H,32,33);1-4H2/b9-7-,10-8-,24-17+,25-5+;. The maximum absolute atomic E-state index is 11.8. The number of carboxylic acids is 1. The number of aliphatic hydroxyl groups is 1. The van der Waals surface area contributed by atoms with E-state index in [4.69, 9.17) is 4.74 Å². The van der Waals surface area contributed by atoms with Crippen LogP contribution in [0.5, 0.6) is 0 Å². The molecule has 1 heterocycles. The minimum atomic E-state index is -0.968. The van der Waals surface area contributed by atoms with Gasteiger partial charge in [-0.2, -0.15) is 0 Å². The summed E-state index contributed by atoms with van der Waals surface area (Å²) in [4.78, 5) is 24.5. The normalized spacial score (nSPS) is 20.3. The minimum Gasteiger partial charge on any atom is -0.478 e. The molecule has 212 valence electrons. The van der Waals surface area contributed by atoms with E-state index in [9.17, 15) is 19.8 Å². The van der Waals surface area contributed by atoms with Crippen LogP contribution in [0.3, 0.4) is 0 Å². The Morgan fingerprint density at radius 2 is 1.84 bits per heavy atom. The molecule has 1 atom stereocenters. The lowest BCUT2D eigenvalue weighted by molar-refractivity contribution is -0.132. The molecular weight excluding hydrogens is 480 g/mol. The van der Waals surface area contributed by atoms with Crippen molar-refractivity contribution in [3.63, 3.8) is 0 Å². The Morgan fingerprint density at radius 3 is 2.37 bits per heavy atom. The van der Waals surface area contributed by atoms with Crippen molar-refractivity contribution in [2.24, 2.45) is 5.41 Å². The van der Waals surface area contributed by atoms with E-state index in [0.717, 1.165) is 11.1 Å². The lowest BCUT2D eigenvalue weighted by Crippen LogP contribution is -2.41. The fraction of sp³-hybridized carbons (Fsp3) is 0.548. The van der Waals surface area contributed by atoms with E-state index in [1.807, 2.05) is 37.3 Å². The molecule has 0 radical (unpaired) electrons. The van der Waals surface area contributed by atoms with Crippen molar-refractivity contribution < 1.29 is 24.5 Å². The van der Waals surface area contributed by atoms with E-state index >= 15 is 0 Å². The summed E-state index contributed by atoms with van der Waals surface area (Å²) in [5.41, 5.74) is 2.31. The zero-order chi connectivity index (χ0) is 28.2. The summed E-state index contributed by atoms with van der Waals surface area (Å²) in [6.45, 7) is 14.3. The van der Waals surface area contributed by atoms with Gasteiger partial charge in [-0.1, -0.05) is 82.2 Å². The Kier molecular flexibility index (Phi) is 16.9. The van der Waals surface area contributed by atoms with Crippen molar-refractivity contribution in [2.45, 2.75) is 65.2 Å². The van der Waals surface area contributed by atoms with E-state index in [-0.39, 0.29) is 12.2 Å². The minimum absolute atomic E-state index is 0.0699. The molecule has 1 amide bonds. The van der Waals surface area contributed by atoms with Crippen LogP contribution in [0.2, 0.25) is 0 Å². The average molecular weight is 529 g/mol. The van der Waals surface area contributed by atoms with Crippen molar-refractivity contribution >= 4 is 12.4 Å². The number of aliphatic carboxylic acids is 1. The first-order valence-corrected chi connectivity index (χ1v) is 13.7. The second-order valence-corrected chi connectivity index (χ2v) is 9.91. The van der Waals surface area contributed by atoms with Crippen molar-refractivity contribution in [3.05, 3.63) is 72.0 Å². The van der Waals surface area contributed by atoms with Crippen LogP contribution in [-0.2, 0) is 14.3 Å². The fourth-order valence-corrected chi connectivity index (χ4v) is 3.87. The average Bonchev–Trinajstić information content (AvgIpc) is 2.87. The third-order valence-electron chi connectivity index (χ3n) is 7.05. The quantitative estimate of drug-likeness (QED) is 0.151. The summed E-state index contributed by atoms with van der Waals surface area (Å²) in [7, 11) is 0. The molecule has 1 saturated carbocycles. The van der Waals surface area contributed by atoms with Gasteiger partial charge in [0, 0.05) is 29.8 Å². The number of ether oxygens (including phenoxy) is 1. The molecule has 0 spiro atoms. The molecule has 38 heavy (non-hydrogen) atoms. The highest BCUT2D eigenvalue weighted by Gasteiger charge is 2.30. The van der Waals surface area contributed by atoms with Crippen LogP contribution in [0, 0.1) is 5.41 Å². The molecular formula is C31H48N2O5. The van der Waals surface area contributed by atoms with Crippen molar-refractivity contribution in [1.29, 1.82) is 0 Å². The molecule has 2 aliphatic rings. The Bertz CT molecular complexity index is 873. The second kappa shape index (κ2) is 19.3. The summed E-state index contributed by atoms with van der Waals surface area (Å²) in [6, 6.07) is 0. The van der Waals surface area contributed by atoms with E-state index in [2.05, 4.69) is 18.5 Å². The van der Waals surface area contributed by atoms with Gasteiger partial charge in [-0.05, 0) is 50.3 Å². The van der Waals surface area contributed by atoms with Crippen LogP contribution in [0.15, 0.2) is 72.0 Å². The Labute approximate surface area is 229 Å². The van der Waals surface area contributed by atoms with Gasteiger partial charge in [-0.15, -0.1) is 0 Å². The molecule has 0 saturated heterocycles. The first kappa shape index (κ1) is 33.3. The van der Waals surface area contributed by atoms with Gasteiger partial charge in [0.2, 0.25) is 6.41 Å². The maximum atomic E-state index is 11.8. The highest BCUT2D eigenvalue weighted by molar-refractivity contribution is 5.86. The van der Waals surface area contributed by atoms with Crippen molar-refractivity contribution in [1.82, 2.24) is 10.2 Å². The van der Waals surface area contributed by atoms with Gasteiger partial charge < -0.3 is 25.2 Å². The number of nitrogens with one attached hydrogen (secondary N) is 1. The zero-order valence-corrected chi connectivity index (χ0v) is 23.4. The molecule has 2 rings (SSSR count). The monoisotopic (exact) mass is 528 g/mol. The zero-order valence-electron chi connectivity index (χ0n) is 23.4. The smallest absolute Gasteiger partial charge is 0.331 e. The Hall–Kier alpha value is -2.74. The highest BCUT2D eigenvalue weighted by atomic mass is 16.5. The van der Waals surface area contributed by atoms with Gasteiger partial charge in [-0.3, -0.25) is 4.79 Å². The predicted octanol–water partition coefficient (Wildman–Crippen LogP) is 5.32. The molecule has 7 heteroatoms. The number of carbonyl (C=O) groups excluding carboxylic acids is 1. The number of allylic oxidation sites excluding steroid dienone is 5. The lowest BCUT2D eigenvalue weighted by atomic mass is 9.81. The fourth-order valence-electron chi connectivity index (χ4n) is 3.87. The van der Waals surface area contributed by atoms with Crippen LogP contribution >= 0.6 is 0 Å². The van der Waals surface area contributed by atoms with Gasteiger partial charge in [0.1, 0.15) is 0 Å². The molecule has 0 aromatic carbocycles. The highest BCUT2D eigenvalue weighted by Crippen LogP contribution is 2.29. The lowest BCUT2D eigenvalue weighted by Gasteiger charge is -2.36. The van der Waals surface area contributed by atoms with Crippen LogP contribution in [0.1, 0.15) is 65.2 Å². The summed E-state index contributed by atoms with van der Waals surface area (Å²) in [5.74, 6) is -0.968. The SMILES string of the molecule is C1CCC1.C=C1/C=C\COC/C=C\C(CNCCC(CC)(CO)CN(C=O)C(=C)CC/C(=C\C)C(=O)O)=C/1. The van der Waals surface area contributed by atoms with Crippen LogP contribution in [0.25, 0.3) is 0 Å². The molecule has 0 aromatic heterocycles. The maximum Gasteiger partial charge on any atom is 0.331 e. The number of carbonyl (C=O) groups is 2. The summed E-state index contributed by atoms with van der Waals surface area (Å²) in [6.07, 6.45) is 20.1. The van der Waals surface area contributed by atoms with Gasteiger partial charge in [0.05, 0.1) is 19.8 Å². The first-order chi connectivity index (χ1) is 18.3. The number of amides is 1. The number of hydrogen-bond acceptors (Lipinski definition) is 5. The third-order valence-corrected chi connectivity index (χ3v) is 7.05. The summed E-state index contributed by atoms with van der Waals surface area (Å²) >= 11 is 0. The van der Waals surface area contributed by atoms with E-state index in [0.29, 0.717) is 70.6 Å². The summed E-state index contributed by atoms with van der Waals surface area (Å²) < 4.78 is 5.46. The molecule has 1 aliphatic heterocycles. The Morgan fingerprint density at radius 1 is 1.18 bits per heavy atom. The van der Waals surface area contributed by atoms with E-state index in [1.54, 1.807) is 13.0 Å². The number of nitrogens with zero attached hydrogens (tertiary/aromatic N) is 1. The van der Waals surface area contributed by atoms with Gasteiger partial charge in [0.15, 0.2) is 0 Å². The summed E-state index contributed by atoms with van der Waals surface area (Å²) in [5, 5.41) is 22.8. The van der Waals surface area contributed by atoms with Crippen LogP contribution in [-0.4, -0.2) is 66.9 Å². The topological polar surface area (TPSA) is 99.1 Å².